The fraction of sp³-hybridized carbons (Fsp3) is 0.421. The van der Waals surface area contributed by atoms with E-state index in [4.69, 9.17) is 11.6 Å². The van der Waals surface area contributed by atoms with E-state index in [1.807, 2.05) is 20.8 Å². The predicted octanol–water partition coefficient (Wildman–Crippen LogP) is 4.57. The molecule has 0 radical (unpaired) electrons. The number of aromatic nitrogens is 2. The smallest absolute Gasteiger partial charge is 0.324 e. The van der Waals surface area contributed by atoms with E-state index in [1.165, 1.54) is 22.4 Å². The molecule has 0 aliphatic carbocycles. The number of carbonyl (C=O) groups excluding carboxylic acids is 1. The number of nitrogens with zero attached hydrogens (tertiary/aromatic N) is 2. The van der Waals surface area contributed by atoms with Crippen LogP contribution in [0.5, 0.6) is 0 Å². The van der Waals surface area contributed by atoms with E-state index < -0.39 is 23.6 Å². The molecule has 0 saturated heterocycles. The molecule has 29 heavy (non-hydrogen) atoms. The Hall–Kier alpha value is -2.00. The normalized spacial score (nSPS) is 17.0. The van der Waals surface area contributed by atoms with Gasteiger partial charge in [-0.2, -0.15) is 13.2 Å². The summed E-state index contributed by atoms with van der Waals surface area (Å²) in [5.41, 5.74) is -0.905. The van der Waals surface area contributed by atoms with Crippen molar-refractivity contribution in [2.24, 2.45) is 5.92 Å². The zero-order valence-corrected chi connectivity index (χ0v) is 17.5. The lowest BCUT2D eigenvalue weighted by atomic mass is 9.92. The number of hydrogen-bond donors (Lipinski definition) is 1. The molecule has 156 valence electrons. The number of anilines is 1. The number of rotatable bonds is 2. The molecule has 2 heterocycles. The predicted molar refractivity (Wildman–Crippen MR) is 106 cm³/mol. The van der Waals surface area contributed by atoms with Crippen molar-refractivity contribution in [1.29, 1.82) is 0 Å². The van der Waals surface area contributed by atoms with Crippen molar-refractivity contribution in [3.05, 3.63) is 50.9 Å². The van der Waals surface area contributed by atoms with Gasteiger partial charge in [0, 0.05) is 23.8 Å². The van der Waals surface area contributed by atoms with Crippen molar-refractivity contribution in [3.63, 3.8) is 0 Å². The zero-order valence-electron chi connectivity index (χ0n) is 15.9. The first-order valence-corrected chi connectivity index (χ1v) is 10.2. The van der Waals surface area contributed by atoms with Crippen molar-refractivity contribution >= 4 is 35.0 Å². The summed E-state index contributed by atoms with van der Waals surface area (Å²) in [7, 11) is 0. The van der Waals surface area contributed by atoms with Gasteiger partial charge in [0.05, 0.1) is 27.9 Å². The Morgan fingerprint density at radius 3 is 2.59 bits per heavy atom. The molecular formula is C19H19ClF3N3O2S. The number of fused-ring (bicyclic) bond motifs is 1. The summed E-state index contributed by atoms with van der Waals surface area (Å²) in [6.07, 6.45) is -4.55. The summed E-state index contributed by atoms with van der Waals surface area (Å²) in [5, 5.41) is 2.99. The molecular weight excluding hydrogens is 427 g/mol. The second-order valence-corrected chi connectivity index (χ2v) is 9.21. The zero-order chi connectivity index (χ0) is 21.6. The van der Waals surface area contributed by atoms with Crippen LogP contribution in [0.2, 0.25) is 5.02 Å². The number of alkyl halides is 3. The minimum atomic E-state index is -4.55. The molecule has 1 atom stereocenters. The molecule has 2 aromatic rings. The summed E-state index contributed by atoms with van der Waals surface area (Å²) in [6, 6.07) is 4.19. The minimum absolute atomic E-state index is 0.00358. The molecule has 1 aromatic carbocycles. The topological polar surface area (TPSA) is 64.0 Å². The lowest BCUT2D eigenvalue weighted by molar-refractivity contribution is -0.137. The van der Waals surface area contributed by atoms with E-state index in [1.54, 1.807) is 0 Å². The third-order valence-corrected chi connectivity index (χ3v) is 5.95. The molecule has 10 heteroatoms. The van der Waals surface area contributed by atoms with Crippen molar-refractivity contribution in [2.45, 2.75) is 44.1 Å². The number of amides is 1. The molecule has 1 aromatic heterocycles. The van der Waals surface area contributed by atoms with E-state index in [-0.39, 0.29) is 28.2 Å². The lowest BCUT2D eigenvalue weighted by Gasteiger charge is -2.26. The second kappa shape index (κ2) is 7.68. The van der Waals surface area contributed by atoms with Gasteiger partial charge in [0.1, 0.15) is 0 Å². The van der Waals surface area contributed by atoms with Gasteiger partial charge >= 0.3 is 6.18 Å². The largest absolute Gasteiger partial charge is 0.416 e. The van der Waals surface area contributed by atoms with E-state index in [9.17, 15) is 22.8 Å². The van der Waals surface area contributed by atoms with Gasteiger partial charge in [0.15, 0.2) is 5.16 Å². The second-order valence-electron chi connectivity index (χ2n) is 7.81. The maximum atomic E-state index is 12.9. The van der Waals surface area contributed by atoms with Crippen molar-refractivity contribution in [3.8, 4) is 0 Å². The third-order valence-electron chi connectivity index (χ3n) is 4.48. The molecule has 3 rings (SSSR count). The van der Waals surface area contributed by atoms with E-state index >= 15 is 0 Å². The fourth-order valence-corrected chi connectivity index (χ4v) is 4.04. The van der Waals surface area contributed by atoms with Gasteiger partial charge in [0.2, 0.25) is 5.91 Å². The van der Waals surface area contributed by atoms with Crippen LogP contribution < -0.4 is 10.9 Å². The van der Waals surface area contributed by atoms with Crippen LogP contribution in [0.15, 0.2) is 34.2 Å². The Labute approximate surface area is 174 Å². The minimum Gasteiger partial charge on any atom is -0.324 e. The molecule has 1 aliphatic heterocycles. The Bertz CT molecular complexity index is 1020. The van der Waals surface area contributed by atoms with Gasteiger partial charge in [-0.25, -0.2) is 4.98 Å². The molecule has 1 amide bonds. The van der Waals surface area contributed by atoms with E-state index in [0.29, 0.717) is 16.6 Å². The van der Waals surface area contributed by atoms with Crippen LogP contribution in [0.4, 0.5) is 18.9 Å². The molecule has 0 fully saturated rings. The van der Waals surface area contributed by atoms with Crippen LogP contribution in [0.1, 0.15) is 32.0 Å². The Balaban J connectivity index is 1.81. The van der Waals surface area contributed by atoms with Gasteiger partial charge in [-0.3, -0.25) is 14.2 Å². The standard InChI is InChI=1S/C19H19ClF3N3O2S/c1-18(2,3)14-7-15(27)26-8-10(9-29-17(26)25-14)16(28)24-13-6-11(19(21,22)23)4-5-12(13)20/h4-7,10H,8-9H2,1-3H3,(H,24,28). The molecule has 0 bridgehead atoms. The Morgan fingerprint density at radius 2 is 1.97 bits per heavy atom. The van der Waals surface area contributed by atoms with Gasteiger partial charge in [-0.05, 0) is 18.2 Å². The van der Waals surface area contributed by atoms with Gasteiger partial charge < -0.3 is 5.32 Å². The highest BCUT2D eigenvalue weighted by atomic mass is 35.5. The summed E-state index contributed by atoms with van der Waals surface area (Å²) in [4.78, 5) is 29.7. The molecule has 0 spiro atoms. The quantitative estimate of drug-likeness (QED) is 0.687. The summed E-state index contributed by atoms with van der Waals surface area (Å²) in [5.74, 6) is -0.767. The number of benzene rings is 1. The average Bonchev–Trinajstić information content (AvgIpc) is 2.61. The Kier molecular flexibility index (Phi) is 5.75. The highest BCUT2D eigenvalue weighted by Crippen LogP contribution is 2.34. The van der Waals surface area contributed by atoms with Crippen LogP contribution >= 0.6 is 23.4 Å². The number of hydrogen-bond acceptors (Lipinski definition) is 4. The average molecular weight is 446 g/mol. The number of carbonyl (C=O) groups is 1. The highest BCUT2D eigenvalue weighted by molar-refractivity contribution is 7.99. The third kappa shape index (κ3) is 4.78. The Morgan fingerprint density at radius 1 is 1.28 bits per heavy atom. The molecule has 1 N–H and O–H groups in total. The van der Waals surface area contributed by atoms with Crippen molar-refractivity contribution in [2.75, 3.05) is 11.1 Å². The first-order chi connectivity index (χ1) is 13.4. The number of thioether (sulfide) groups is 1. The maximum Gasteiger partial charge on any atom is 0.416 e. The molecule has 0 saturated carbocycles. The van der Waals surface area contributed by atoms with E-state index in [0.717, 1.165) is 18.2 Å². The maximum absolute atomic E-state index is 12.9. The van der Waals surface area contributed by atoms with Crippen LogP contribution in [0.3, 0.4) is 0 Å². The molecule has 1 aliphatic rings. The molecule has 5 nitrogen and oxygen atoms in total. The SMILES string of the molecule is CC(C)(C)c1cc(=O)n2c(n1)SCC(C(=O)Nc1cc(C(F)(F)F)ccc1Cl)C2. The fourth-order valence-electron chi connectivity index (χ4n) is 2.79. The first-order valence-electron chi connectivity index (χ1n) is 8.79. The first kappa shape index (κ1) is 21.7. The van der Waals surface area contributed by atoms with Gasteiger partial charge in [-0.15, -0.1) is 0 Å². The van der Waals surface area contributed by atoms with Crippen LogP contribution in [0.25, 0.3) is 0 Å². The summed E-state index contributed by atoms with van der Waals surface area (Å²) < 4.78 is 40.2. The number of nitrogens with one attached hydrogen (secondary N) is 1. The monoisotopic (exact) mass is 445 g/mol. The van der Waals surface area contributed by atoms with Gasteiger partial charge in [0.25, 0.3) is 5.56 Å². The number of halogens is 4. The lowest BCUT2D eigenvalue weighted by Crippen LogP contribution is -2.37. The summed E-state index contributed by atoms with van der Waals surface area (Å²) in [6.45, 7) is 5.96. The molecule has 1 unspecified atom stereocenters. The van der Waals surface area contributed by atoms with E-state index in [2.05, 4.69) is 10.3 Å². The van der Waals surface area contributed by atoms with Crippen LogP contribution in [-0.2, 0) is 22.9 Å². The van der Waals surface area contributed by atoms with Crippen LogP contribution in [-0.4, -0.2) is 21.2 Å². The van der Waals surface area contributed by atoms with Gasteiger partial charge in [-0.1, -0.05) is 44.1 Å². The van der Waals surface area contributed by atoms with Crippen LogP contribution in [0, 0.1) is 5.92 Å². The van der Waals surface area contributed by atoms with Crippen molar-refractivity contribution < 1.29 is 18.0 Å². The van der Waals surface area contributed by atoms with Crippen molar-refractivity contribution in [1.82, 2.24) is 9.55 Å². The highest BCUT2D eigenvalue weighted by Gasteiger charge is 2.32. The summed E-state index contributed by atoms with van der Waals surface area (Å²) >= 11 is 7.21.